The lowest BCUT2D eigenvalue weighted by atomic mass is 10.1. The van der Waals surface area contributed by atoms with Crippen molar-refractivity contribution in [3.8, 4) is 0 Å². The summed E-state index contributed by atoms with van der Waals surface area (Å²) < 4.78 is 23.1. The molecule has 1 amide bonds. The number of phosphoric ester groups is 1. The molecule has 2 N–H and O–H groups in total. The van der Waals surface area contributed by atoms with Crippen molar-refractivity contribution in [2.45, 2.75) is 199 Å². The number of amides is 1. The van der Waals surface area contributed by atoms with Crippen LogP contribution in [0.4, 0.5) is 0 Å². The van der Waals surface area contributed by atoms with E-state index in [2.05, 4.69) is 43.5 Å². The fourth-order valence-electron chi connectivity index (χ4n) is 6.04. The van der Waals surface area contributed by atoms with Crippen molar-refractivity contribution in [1.29, 1.82) is 0 Å². The first-order chi connectivity index (χ1) is 25.5. The third-order valence-electron chi connectivity index (χ3n) is 9.57. The average molecular weight is 769 g/mol. The maximum absolute atomic E-state index is 12.8. The van der Waals surface area contributed by atoms with E-state index in [1.165, 1.54) is 128 Å². The van der Waals surface area contributed by atoms with Crippen LogP contribution in [0.5, 0.6) is 0 Å². The molecule has 312 valence electrons. The molecular formula is C44H85N2O6P. The third kappa shape index (κ3) is 38.8. The summed E-state index contributed by atoms with van der Waals surface area (Å²) in [5.41, 5.74) is 0. The first-order valence-electron chi connectivity index (χ1n) is 21.9. The molecule has 0 heterocycles. The van der Waals surface area contributed by atoms with Gasteiger partial charge in [0.25, 0.3) is 7.82 Å². The maximum atomic E-state index is 12.8. The smallest absolute Gasteiger partial charge is 0.268 e. The second-order valence-electron chi connectivity index (χ2n) is 16.0. The van der Waals surface area contributed by atoms with Crippen LogP contribution in [0.3, 0.4) is 0 Å². The first kappa shape index (κ1) is 51.7. The molecule has 0 bridgehead atoms. The number of nitrogens with zero attached hydrogens (tertiary/aromatic N) is 1. The van der Waals surface area contributed by atoms with Gasteiger partial charge in [-0.25, -0.2) is 0 Å². The largest absolute Gasteiger partial charge is 0.756 e. The summed E-state index contributed by atoms with van der Waals surface area (Å²) >= 11 is 0. The number of allylic oxidation sites excluding steroid dienone is 5. The zero-order chi connectivity index (χ0) is 39.3. The molecule has 0 rings (SSSR count). The summed E-state index contributed by atoms with van der Waals surface area (Å²) in [5, 5.41) is 13.7. The number of aliphatic hydroxyl groups excluding tert-OH is 1. The number of hydrogen-bond acceptors (Lipinski definition) is 6. The monoisotopic (exact) mass is 769 g/mol. The fraction of sp³-hybridized carbons (Fsp3) is 0.841. The molecule has 0 saturated carbocycles. The Labute approximate surface area is 327 Å². The number of aliphatic hydroxyl groups is 1. The highest BCUT2D eigenvalue weighted by atomic mass is 31.2. The van der Waals surface area contributed by atoms with Crippen molar-refractivity contribution in [1.82, 2.24) is 5.32 Å². The molecule has 0 aromatic heterocycles. The van der Waals surface area contributed by atoms with Crippen LogP contribution >= 0.6 is 7.82 Å². The minimum absolute atomic E-state index is 0.00726. The lowest BCUT2D eigenvalue weighted by Gasteiger charge is -2.29. The highest BCUT2D eigenvalue weighted by Crippen LogP contribution is 2.38. The van der Waals surface area contributed by atoms with Crippen LogP contribution in [0.1, 0.15) is 187 Å². The summed E-state index contributed by atoms with van der Waals surface area (Å²) in [4.78, 5) is 25.3. The van der Waals surface area contributed by atoms with E-state index in [0.717, 1.165) is 38.5 Å². The molecule has 0 saturated heterocycles. The Hall–Kier alpha value is -1.28. The van der Waals surface area contributed by atoms with Crippen LogP contribution in [0.2, 0.25) is 0 Å². The van der Waals surface area contributed by atoms with Crippen molar-refractivity contribution in [2.75, 3.05) is 40.9 Å². The van der Waals surface area contributed by atoms with Crippen LogP contribution in [-0.4, -0.2) is 68.5 Å². The number of hydrogen-bond donors (Lipinski definition) is 2. The molecule has 1 unspecified atom stereocenters. The van der Waals surface area contributed by atoms with Gasteiger partial charge in [0, 0.05) is 6.42 Å². The Balaban J connectivity index is 4.48. The lowest BCUT2D eigenvalue weighted by molar-refractivity contribution is -0.870. The van der Waals surface area contributed by atoms with Gasteiger partial charge in [0.15, 0.2) is 0 Å². The average Bonchev–Trinajstić information content (AvgIpc) is 3.10. The predicted molar refractivity (Wildman–Crippen MR) is 224 cm³/mol. The van der Waals surface area contributed by atoms with Gasteiger partial charge in [0.2, 0.25) is 5.91 Å². The fourth-order valence-corrected chi connectivity index (χ4v) is 6.77. The number of rotatable bonds is 39. The molecule has 0 radical (unpaired) electrons. The van der Waals surface area contributed by atoms with Gasteiger partial charge in [-0.3, -0.25) is 9.36 Å². The minimum Gasteiger partial charge on any atom is -0.756 e. The van der Waals surface area contributed by atoms with Crippen LogP contribution in [-0.2, 0) is 18.4 Å². The van der Waals surface area contributed by atoms with Crippen molar-refractivity contribution >= 4 is 13.7 Å². The van der Waals surface area contributed by atoms with Gasteiger partial charge >= 0.3 is 0 Å². The van der Waals surface area contributed by atoms with Crippen LogP contribution in [0, 0.1) is 0 Å². The molecule has 0 aliphatic rings. The van der Waals surface area contributed by atoms with E-state index >= 15 is 0 Å². The van der Waals surface area contributed by atoms with Crippen molar-refractivity contribution in [3.63, 3.8) is 0 Å². The molecule has 53 heavy (non-hydrogen) atoms. The Bertz CT molecular complexity index is 964. The summed E-state index contributed by atoms with van der Waals surface area (Å²) in [6.45, 7) is 4.60. The van der Waals surface area contributed by atoms with Gasteiger partial charge in [0.1, 0.15) is 13.2 Å². The predicted octanol–water partition coefficient (Wildman–Crippen LogP) is 11.3. The zero-order valence-corrected chi connectivity index (χ0v) is 36.1. The molecule has 0 aromatic rings. The van der Waals surface area contributed by atoms with Crippen LogP contribution < -0.4 is 10.2 Å². The number of nitrogens with one attached hydrogen (secondary N) is 1. The Morgan fingerprint density at radius 3 is 1.53 bits per heavy atom. The molecule has 9 heteroatoms. The number of unbranched alkanes of at least 4 members (excludes halogenated alkanes) is 22. The number of carbonyl (C=O) groups is 1. The van der Waals surface area contributed by atoms with E-state index in [1.54, 1.807) is 6.08 Å². The number of quaternary nitrogens is 1. The second kappa shape index (κ2) is 36.4. The van der Waals surface area contributed by atoms with E-state index in [-0.39, 0.29) is 12.5 Å². The van der Waals surface area contributed by atoms with Crippen LogP contribution in [0.25, 0.3) is 0 Å². The maximum Gasteiger partial charge on any atom is 0.268 e. The van der Waals surface area contributed by atoms with Crippen molar-refractivity contribution < 1.29 is 32.9 Å². The molecule has 0 fully saturated rings. The molecule has 0 spiro atoms. The van der Waals surface area contributed by atoms with Gasteiger partial charge in [0.05, 0.1) is 39.9 Å². The summed E-state index contributed by atoms with van der Waals surface area (Å²) in [5.74, 6) is -0.214. The normalized spacial score (nSPS) is 14.8. The van der Waals surface area contributed by atoms with Gasteiger partial charge < -0.3 is 28.8 Å². The van der Waals surface area contributed by atoms with Crippen molar-refractivity contribution in [3.05, 3.63) is 36.5 Å². The summed E-state index contributed by atoms with van der Waals surface area (Å²) in [7, 11) is 1.24. The van der Waals surface area contributed by atoms with Crippen LogP contribution in [0.15, 0.2) is 36.5 Å². The lowest BCUT2D eigenvalue weighted by Crippen LogP contribution is -2.45. The van der Waals surface area contributed by atoms with E-state index in [9.17, 15) is 19.4 Å². The summed E-state index contributed by atoms with van der Waals surface area (Å²) in [6.07, 6.45) is 43.3. The highest BCUT2D eigenvalue weighted by Gasteiger charge is 2.23. The zero-order valence-electron chi connectivity index (χ0n) is 35.2. The highest BCUT2D eigenvalue weighted by molar-refractivity contribution is 7.45. The second-order valence-corrected chi connectivity index (χ2v) is 17.4. The van der Waals surface area contributed by atoms with Gasteiger partial charge in [-0.2, -0.15) is 0 Å². The Morgan fingerprint density at radius 2 is 1.06 bits per heavy atom. The Kier molecular flexibility index (Phi) is 35.5. The molecule has 0 aliphatic carbocycles. The first-order valence-corrected chi connectivity index (χ1v) is 23.3. The van der Waals surface area contributed by atoms with E-state index < -0.39 is 26.6 Å². The quantitative estimate of drug-likeness (QED) is 0.0279. The van der Waals surface area contributed by atoms with E-state index in [4.69, 9.17) is 9.05 Å². The number of likely N-dealkylation sites (N-methyl/N-ethyl adjacent to an activating group) is 1. The summed E-state index contributed by atoms with van der Waals surface area (Å²) in [6, 6.07) is -0.902. The SMILES string of the molecule is CCCCCCCC/C=C/CCCCCCCCCC(=O)N[C@@H](COP(=O)([O-])OCC[N+](C)(C)C)[C@H](O)/C=C/CC/C=C/CCCCCCCCCC. The van der Waals surface area contributed by atoms with Gasteiger partial charge in [-0.15, -0.1) is 0 Å². The topological polar surface area (TPSA) is 108 Å². The molecular weight excluding hydrogens is 683 g/mol. The van der Waals surface area contributed by atoms with E-state index in [0.29, 0.717) is 17.4 Å². The van der Waals surface area contributed by atoms with E-state index in [1.807, 2.05) is 27.2 Å². The minimum atomic E-state index is -4.59. The number of carbonyl (C=O) groups excluding carboxylic acids is 1. The third-order valence-corrected chi connectivity index (χ3v) is 10.5. The molecule has 0 aromatic carbocycles. The molecule has 3 atom stereocenters. The standard InChI is InChI=1S/C44H85N2O6P/c1-6-8-10-12-14-16-18-20-22-23-24-26-28-30-32-34-36-38-44(48)45-42(41-52-53(49,50)51-40-39-46(3,4)5)43(47)37-35-33-31-29-27-25-21-19-17-15-13-11-9-7-2/h20,22,27,29,35,37,42-43,47H,6-19,21,23-26,28,30-34,36,38-41H2,1-5H3,(H-,45,48,49,50)/b22-20+,29-27+,37-35+/t42-,43+/m0/s1. The van der Waals surface area contributed by atoms with Gasteiger partial charge in [-0.05, 0) is 57.8 Å². The Morgan fingerprint density at radius 1 is 0.642 bits per heavy atom. The molecule has 0 aliphatic heterocycles. The van der Waals surface area contributed by atoms with Gasteiger partial charge in [-0.1, -0.05) is 159 Å². The molecule has 8 nitrogen and oxygen atoms in total. The van der Waals surface area contributed by atoms with Crippen molar-refractivity contribution in [2.24, 2.45) is 0 Å². The number of phosphoric acid groups is 1.